The van der Waals surface area contributed by atoms with Gasteiger partial charge in [-0.2, -0.15) is 0 Å². The summed E-state index contributed by atoms with van der Waals surface area (Å²) in [5.74, 6) is 0.267. The molecular weight excluding hydrogens is 230 g/mol. The Morgan fingerprint density at radius 2 is 1.71 bits per heavy atom. The molecule has 0 saturated carbocycles. The SMILES string of the molecule is CC(C)C(=N[S+]([O-])C(C)(C)C)c1ccccc1. The van der Waals surface area contributed by atoms with Gasteiger partial charge in [-0.25, -0.2) is 0 Å². The third kappa shape index (κ3) is 4.17. The van der Waals surface area contributed by atoms with Crippen LogP contribution in [0.4, 0.5) is 0 Å². The second-order valence-corrected chi connectivity index (χ2v) is 7.26. The molecular formula is C14H21NOS. The third-order valence-electron chi connectivity index (χ3n) is 2.32. The van der Waals surface area contributed by atoms with Gasteiger partial charge in [0.1, 0.15) is 21.8 Å². The van der Waals surface area contributed by atoms with Gasteiger partial charge >= 0.3 is 0 Å². The Morgan fingerprint density at radius 3 is 2.12 bits per heavy atom. The summed E-state index contributed by atoms with van der Waals surface area (Å²) in [7, 11) is 0. The van der Waals surface area contributed by atoms with Gasteiger partial charge in [-0.15, -0.1) is 0 Å². The van der Waals surface area contributed by atoms with Gasteiger partial charge in [0, 0.05) is 11.5 Å². The van der Waals surface area contributed by atoms with Crippen molar-refractivity contribution in [2.24, 2.45) is 10.3 Å². The van der Waals surface area contributed by atoms with Crippen LogP contribution in [-0.2, 0) is 11.4 Å². The number of nitrogens with zero attached hydrogens (tertiary/aromatic N) is 1. The summed E-state index contributed by atoms with van der Waals surface area (Å²) in [6, 6.07) is 9.96. The molecule has 3 heteroatoms. The predicted molar refractivity (Wildman–Crippen MR) is 75.7 cm³/mol. The van der Waals surface area contributed by atoms with Crippen molar-refractivity contribution in [3.63, 3.8) is 0 Å². The zero-order valence-electron chi connectivity index (χ0n) is 11.2. The molecule has 0 saturated heterocycles. The Kier molecular flexibility index (Phi) is 4.78. The van der Waals surface area contributed by atoms with Crippen LogP contribution in [0, 0.1) is 5.92 Å². The van der Waals surface area contributed by atoms with Gasteiger partial charge < -0.3 is 4.55 Å². The van der Waals surface area contributed by atoms with E-state index in [2.05, 4.69) is 18.2 Å². The van der Waals surface area contributed by atoms with Crippen LogP contribution in [-0.4, -0.2) is 15.0 Å². The maximum atomic E-state index is 12.1. The molecule has 0 heterocycles. The fourth-order valence-electron chi connectivity index (χ4n) is 1.33. The van der Waals surface area contributed by atoms with Crippen molar-refractivity contribution in [3.05, 3.63) is 35.9 Å². The van der Waals surface area contributed by atoms with E-state index in [1.54, 1.807) is 0 Å². The largest absolute Gasteiger partial charge is 0.591 e. The van der Waals surface area contributed by atoms with Crippen molar-refractivity contribution in [3.8, 4) is 0 Å². The van der Waals surface area contributed by atoms with Gasteiger partial charge in [-0.1, -0.05) is 48.6 Å². The zero-order chi connectivity index (χ0) is 13.1. The van der Waals surface area contributed by atoms with Crippen LogP contribution in [0.1, 0.15) is 40.2 Å². The standard InChI is InChI=1S/C14H21NOS/c1-11(2)13(12-9-7-6-8-10-12)15-17(16)14(3,4)5/h6-11H,1-5H3. The van der Waals surface area contributed by atoms with Crippen LogP contribution in [0.2, 0.25) is 0 Å². The summed E-state index contributed by atoms with van der Waals surface area (Å²) in [6.07, 6.45) is 0. The van der Waals surface area contributed by atoms with E-state index >= 15 is 0 Å². The van der Waals surface area contributed by atoms with Crippen LogP contribution in [0.3, 0.4) is 0 Å². The molecule has 0 radical (unpaired) electrons. The van der Waals surface area contributed by atoms with E-state index in [1.807, 2.05) is 51.1 Å². The molecule has 0 spiro atoms. The first-order valence-electron chi connectivity index (χ1n) is 5.88. The zero-order valence-corrected chi connectivity index (χ0v) is 12.0. The number of hydrogen-bond acceptors (Lipinski definition) is 2. The fraction of sp³-hybridized carbons (Fsp3) is 0.500. The molecule has 0 fully saturated rings. The minimum absolute atomic E-state index is 0.267. The highest BCUT2D eigenvalue weighted by Gasteiger charge is 2.28. The Morgan fingerprint density at radius 1 is 1.18 bits per heavy atom. The average Bonchev–Trinajstić information content (AvgIpc) is 2.25. The van der Waals surface area contributed by atoms with Crippen molar-refractivity contribution in [1.29, 1.82) is 0 Å². The summed E-state index contributed by atoms with van der Waals surface area (Å²) in [5.41, 5.74) is 1.97. The lowest BCUT2D eigenvalue weighted by molar-refractivity contribution is 0.561. The van der Waals surface area contributed by atoms with E-state index in [9.17, 15) is 4.55 Å². The second kappa shape index (κ2) is 5.69. The fourth-order valence-corrected chi connectivity index (χ4v) is 2.10. The molecule has 0 amide bonds. The Hall–Kier alpha value is -0.800. The van der Waals surface area contributed by atoms with Crippen LogP contribution < -0.4 is 0 Å². The highest BCUT2D eigenvalue weighted by Crippen LogP contribution is 2.20. The molecule has 0 bridgehead atoms. The summed E-state index contributed by atoms with van der Waals surface area (Å²) in [5, 5.41) is 0. The molecule has 0 aliphatic carbocycles. The normalized spacial score (nSPS) is 15.1. The summed E-state index contributed by atoms with van der Waals surface area (Å²) in [6.45, 7) is 9.97. The van der Waals surface area contributed by atoms with Crippen LogP contribution in [0.25, 0.3) is 0 Å². The molecule has 1 aromatic carbocycles. The van der Waals surface area contributed by atoms with Gasteiger partial charge in [0.15, 0.2) is 0 Å². The predicted octanol–water partition coefficient (Wildman–Crippen LogP) is 3.59. The Balaban J connectivity index is 3.07. The molecule has 17 heavy (non-hydrogen) atoms. The van der Waals surface area contributed by atoms with Crippen molar-refractivity contribution in [2.75, 3.05) is 0 Å². The molecule has 1 atom stereocenters. The number of hydrogen-bond donors (Lipinski definition) is 0. The van der Waals surface area contributed by atoms with E-state index < -0.39 is 11.4 Å². The Labute approximate surface area is 107 Å². The van der Waals surface area contributed by atoms with Gasteiger partial charge in [0.2, 0.25) is 0 Å². The van der Waals surface area contributed by atoms with Gasteiger partial charge in [-0.3, -0.25) is 0 Å². The van der Waals surface area contributed by atoms with Gasteiger partial charge in [-0.05, 0) is 20.8 Å². The monoisotopic (exact) mass is 251 g/mol. The smallest absolute Gasteiger partial charge is 0.144 e. The third-order valence-corrected chi connectivity index (χ3v) is 3.73. The minimum atomic E-state index is -1.20. The van der Waals surface area contributed by atoms with E-state index in [1.165, 1.54) is 0 Å². The average molecular weight is 251 g/mol. The minimum Gasteiger partial charge on any atom is -0.591 e. The molecule has 94 valence electrons. The Bertz CT molecular complexity index is 379. The quantitative estimate of drug-likeness (QED) is 0.597. The van der Waals surface area contributed by atoms with Crippen LogP contribution in [0.5, 0.6) is 0 Å². The second-order valence-electron chi connectivity index (χ2n) is 5.36. The summed E-state index contributed by atoms with van der Waals surface area (Å²) >= 11 is -1.20. The van der Waals surface area contributed by atoms with E-state index in [4.69, 9.17) is 0 Å². The molecule has 0 aliphatic heterocycles. The molecule has 1 rings (SSSR count). The van der Waals surface area contributed by atoms with E-state index in [0.717, 1.165) is 11.3 Å². The van der Waals surface area contributed by atoms with Crippen molar-refractivity contribution >= 4 is 17.1 Å². The number of rotatable bonds is 3. The van der Waals surface area contributed by atoms with Crippen molar-refractivity contribution in [1.82, 2.24) is 0 Å². The summed E-state index contributed by atoms with van der Waals surface area (Å²) < 4.78 is 16.2. The van der Waals surface area contributed by atoms with Crippen molar-refractivity contribution in [2.45, 2.75) is 39.4 Å². The topological polar surface area (TPSA) is 35.4 Å². The first kappa shape index (κ1) is 14.3. The maximum absolute atomic E-state index is 12.1. The highest BCUT2D eigenvalue weighted by atomic mass is 32.2. The summed E-state index contributed by atoms with van der Waals surface area (Å²) in [4.78, 5) is 0. The first-order valence-corrected chi connectivity index (χ1v) is 6.99. The van der Waals surface area contributed by atoms with Crippen molar-refractivity contribution < 1.29 is 4.55 Å². The molecule has 0 aliphatic rings. The first-order chi connectivity index (χ1) is 7.82. The molecule has 2 nitrogen and oxygen atoms in total. The molecule has 1 unspecified atom stereocenters. The van der Waals surface area contributed by atoms with Gasteiger partial charge in [0.05, 0.1) is 0 Å². The molecule has 0 N–H and O–H groups in total. The lowest BCUT2D eigenvalue weighted by Gasteiger charge is -2.20. The molecule has 1 aromatic rings. The number of benzene rings is 1. The van der Waals surface area contributed by atoms with E-state index in [-0.39, 0.29) is 10.7 Å². The highest BCUT2D eigenvalue weighted by molar-refractivity contribution is 7.91. The van der Waals surface area contributed by atoms with E-state index in [0.29, 0.717) is 0 Å². The maximum Gasteiger partial charge on any atom is 0.144 e. The van der Waals surface area contributed by atoms with Crippen LogP contribution in [0.15, 0.2) is 34.7 Å². The molecule has 0 aromatic heterocycles. The lowest BCUT2D eigenvalue weighted by Crippen LogP contribution is -2.28. The lowest BCUT2D eigenvalue weighted by atomic mass is 10.0. The van der Waals surface area contributed by atoms with Gasteiger partial charge in [0.25, 0.3) is 0 Å². The van der Waals surface area contributed by atoms with Crippen LogP contribution >= 0.6 is 0 Å².